The first-order chi connectivity index (χ1) is 9.51. The zero-order valence-corrected chi connectivity index (χ0v) is 12.1. The Morgan fingerprint density at radius 2 is 2.15 bits per heavy atom. The molecule has 0 aliphatic heterocycles. The molecule has 1 amide bonds. The average molecular weight is 298 g/mol. The molecule has 0 spiro atoms. The van der Waals surface area contributed by atoms with Gasteiger partial charge in [-0.15, -0.1) is 0 Å². The van der Waals surface area contributed by atoms with Crippen molar-refractivity contribution in [2.75, 3.05) is 19.0 Å². The van der Waals surface area contributed by atoms with E-state index in [1.165, 1.54) is 7.11 Å². The zero-order chi connectivity index (χ0) is 14.7. The summed E-state index contributed by atoms with van der Waals surface area (Å²) in [5.41, 5.74) is 0.525. The minimum Gasteiger partial charge on any atom is -0.495 e. The number of hydrogen-bond acceptors (Lipinski definition) is 4. The van der Waals surface area contributed by atoms with Crippen LogP contribution >= 0.6 is 11.6 Å². The maximum absolute atomic E-state index is 11.6. The van der Waals surface area contributed by atoms with Crippen LogP contribution in [0.15, 0.2) is 18.2 Å². The second-order valence-corrected chi connectivity index (χ2v) is 5.23. The standard InChI is InChI=1S/C14H16ClNO4/c1-8-5-10(8)14(18)20-7-13(17)16-9-3-4-12(19-2)11(15)6-9/h3-4,6,8,10H,5,7H2,1-2H3,(H,16,17)/t8-,10-/m1/s1. The van der Waals surface area contributed by atoms with E-state index in [1.54, 1.807) is 18.2 Å². The molecule has 108 valence electrons. The van der Waals surface area contributed by atoms with Gasteiger partial charge in [-0.1, -0.05) is 18.5 Å². The lowest BCUT2D eigenvalue weighted by molar-refractivity contribution is -0.148. The molecule has 20 heavy (non-hydrogen) atoms. The van der Waals surface area contributed by atoms with E-state index in [-0.39, 0.29) is 18.5 Å². The number of ether oxygens (including phenoxy) is 2. The number of amides is 1. The topological polar surface area (TPSA) is 64.6 Å². The van der Waals surface area contributed by atoms with Gasteiger partial charge in [-0.2, -0.15) is 0 Å². The predicted molar refractivity (Wildman–Crippen MR) is 74.9 cm³/mol. The number of benzene rings is 1. The summed E-state index contributed by atoms with van der Waals surface area (Å²) in [6.07, 6.45) is 0.842. The molecule has 1 saturated carbocycles. The van der Waals surface area contributed by atoms with Crippen LogP contribution in [0.4, 0.5) is 5.69 Å². The lowest BCUT2D eigenvalue weighted by atomic mass is 10.3. The first-order valence-corrected chi connectivity index (χ1v) is 6.69. The Hall–Kier alpha value is -1.75. The average Bonchev–Trinajstić information content (AvgIpc) is 3.13. The van der Waals surface area contributed by atoms with Crippen molar-refractivity contribution < 1.29 is 19.1 Å². The van der Waals surface area contributed by atoms with Crippen LogP contribution in [0.5, 0.6) is 5.75 Å². The van der Waals surface area contributed by atoms with Crippen LogP contribution in [-0.4, -0.2) is 25.6 Å². The normalized spacial score (nSPS) is 20.1. The van der Waals surface area contributed by atoms with Crippen molar-refractivity contribution >= 4 is 29.2 Å². The van der Waals surface area contributed by atoms with E-state index in [0.29, 0.717) is 22.4 Å². The van der Waals surface area contributed by atoms with Gasteiger partial charge in [0.2, 0.25) is 0 Å². The van der Waals surface area contributed by atoms with Gasteiger partial charge in [-0.25, -0.2) is 0 Å². The largest absolute Gasteiger partial charge is 0.495 e. The molecule has 6 heteroatoms. The summed E-state index contributed by atoms with van der Waals surface area (Å²) in [4.78, 5) is 23.1. The minimum atomic E-state index is -0.395. The fourth-order valence-electron chi connectivity index (χ4n) is 1.84. The monoisotopic (exact) mass is 297 g/mol. The minimum absolute atomic E-state index is 0.0433. The number of anilines is 1. The molecule has 5 nitrogen and oxygen atoms in total. The van der Waals surface area contributed by atoms with E-state index < -0.39 is 5.91 Å². The van der Waals surface area contributed by atoms with Crippen molar-refractivity contribution in [3.63, 3.8) is 0 Å². The van der Waals surface area contributed by atoms with Crippen molar-refractivity contribution in [1.82, 2.24) is 0 Å². The fraction of sp³-hybridized carbons (Fsp3) is 0.429. The van der Waals surface area contributed by atoms with Crippen molar-refractivity contribution in [2.45, 2.75) is 13.3 Å². The molecule has 1 aliphatic carbocycles. The Balaban J connectivity index is 1.82. The molecule has 2 rings (SSSR count). The smallest absolute Gasteiger partial charge is 0.309 e. The SMILES string of the molecule is COc1ccc(NC(=O)COC(=O)[C@@H]2C[C@H]2C)cc1Cl. The molecule has 0 unspecified atom stereocenters. The van der Waals surface area contributed by atoms with Gasteiger partial charge in [0.25, 0.3) is 5.91 Å². The first-order valence-electron chi connectivity index (χ1n) is 6.31. The van der Waals surface area contributed by atoms with Crippen molar-refractivity contribution in [3.05, 3.63) is 23.2 Å². The fourth-order valence-corrected chi connectivity index (χ4v) is 2.09. The molecular weight excluding hydrogens is 282 g/mol. The molecule has 0 aromatic heterocycles. The Labute approximate surface area is 122 Å². The molecule has 0 radical (unpaired) electrons. The highest BCUT2D eigenvalue weighted by Gasteiger charge is 2.40. The summed E-state index contributed by atoms with van der Waals surface area (Å²) in [5, 5.41) is 3.00. The number of nitrogens with one attached hydrogen (secondary N) is 1. The van der Waals surface area contributed by atoms with Crippen LogP contribution < -0.4 is 10.1 Å². The quantitative estimate of drug-likeness (QED) is 0.848. The summed E-state index contributed by atoms with van der Waals surface area (Å²) in [7, 11) is 1.51. The third-order valence-corrected chi connectivity index (χ3v) is 3.49. The van der Waals surface area contributed by atoms with Crippen LogP contribution in [0.2, 0.25) is 5.02 Å². The lowest BCUT2D eigenvalue weighted by Gasteiger charge is -2.08. The van der Waals surface area contributed by atoms with Crippen molar-refractivity contribution in [3.8, 4) is 5.75 Å². The number of hydrogen-bond donors (Lipinski definition) is 1. The molecule has 0 heterocycles. The summed E-state index contributed by atoms with van der Waals surface area (Å²) >= 11 is 5.94. The molecule has 0 bridgehead atoms. The number of esters is 1. The van der Waals surface area contributed by atoms with Crippen LogP contribution in [0, 0.1) is 11.8 Å². The van der Waals surface area contributed by atoms with Crippen LogP contribution in [0.1, 0.15) is 13.3 Å². The third kappa shape index (κ3) is 3.63. The van der Waals surface area contributed by atoms with Gasteiger partial charge in [0.1, 0.15) is 5.75 Å². The maximum atomic E-state index is 11.6. The number of halogens is 1. The Morgan fingerprint density at radius 3 is 2.70 bits per heavy atom. The van der Waals surface area contributed by atoms with Gasteiger partial charge in [-0.05, 0) is 30.5 Å². The van der Waals surface area contributed by atoms with Gasteiger partial charge in [0, 0.05) is 5.69 Å². The first kappa shape index (κ1) is 14.7. The second-order valence-electron chi connectivity index (χ2n) is 4.82. The molecule has 1 aromatic rings. The maximum Gasteiger partial charge on any atom is 0.309 e. The van der Waals surface area contributed by atoms with Crippen LogP contribution in [0.3, 0.4) is 0 Å². The number of carbonyl (C=O) groups excluding carboxylic acids is 2. The van der Waals surface area contributed by atoms with E-state index in [0.717, 1.165) is 6.42 Å². The highest BCUT2D eigenvalue weighted by atomic mass is 35.5. The zero-order valence-electron chi connectivity index (χ0n) is 11.3. The summed E-state index contributed by atoms with van der Waals surface area (Å²) < 4.78 is 9.95. The molecule has 1 fully saturated rings. The van der Waals surface area contributed by atoms with Crippen molar-refractivity contribution in [2.24, 2.45) is 11.8 Å². The molecule has 1 N–H and O–H groups in total. The van der Waals surface area contributed by atoms with E-state index in [1.807, 2.05) is 6.92 Å². The van der Waals surface area contributed by atoms with E-state index in [4.69, 9.17) is 21.1 Å². The Kier molecular flexibility index (Phi) is 4.49. The van der Waals surface area contributed by atoms with E-state index in [9.17, 15) is 9.59 Å². The van der Waals surface area contributed by atoms with Gasteiger partial charge in [0.15, 0.2) is 6.61 Å². The van der Waals surface area contributed by atoms with Gasteiger partial charge >= 0.3 is 5.97 Å². The third-order valence-electron chi connectivity index (χ3n) is 3.19. The molecular formula is C14H16ClNO4. The predicted octanol–water partition coefficient (Wildman–Crippen LogP) is 2.49. The van der Waals surface area contributed by atoms with Crippen LogP contribution in [-0.2, 0) is 14.3 Å². The summed E-state index contributed by atoms with van der Waals surface area (Å²) in [6.45, 7) is 1.69. The number of rotatable bonds is 5. The number of methoxy groups -OCH3 is 1. The highest BCUT2D eigenvalue weighted by Crippen LogP contribution is 2.38. The van der Waals surface area contributed by atoms with E-state index in [2.05, 4.69) is 5.32 Å². The number of carbonyl (C=O) groups is 2. The molecule has 1 aliphatic rings. The lowest BCUT2D eigenvalue weighted by Crippen LogP contribution is -2.21. The second kappa shape index (κ2) is 6.13. The Bertz CT molecular complexity index is 532. The van der Waals surface area contributed by atoms with Gasteiger partial charge < -0.3 is 14.8 Å². The van der Waals surface area contributed by atoms with E-state index >= 15 is 0 Å². The highest BCUT2D eigenvalue weighted by molar-refractivity contribution is 6.32. The molecule has 1 aromatic carbocycles. The van der Waals surface area contributed by atoms with Crippen LogP contribution in [0.25, 0.3) is 0 Å². The van der Waals surface area contributed by atoms with Gasteiger partial charge in [0.05, 0.1) is 18.1 Å². The Morgan fingerprint density at radius 1 is 1.45 bits per heavy atom. The van der Waals surface area contributed by atoms with Crippen molar-refractivity contribution in [1.29, 1.82) is 0 Å². The van der Waals surface area contributed by atoms with Gasteiger partial charge in [-0.3, -0.25) is 9.59 Å². The molecule has 2 atom stereocenters. The molecule has 0 saturated heterocycles. The summed E-state index contributed by atoms with van der Waals surface area (Å²) in [5.74, 6) is 0.149. The summed E-state index contributed by atoms with van der Waals surface area (Å²) in [6, 6.07) is 4.88.